The fourth-order valence-electron chi connectivity index (χ4n) is 3.16. The van der Waals surface area contributed by atoms with Gasteiger partial charge < -0.3 is 14.2 Å². The molecule has 0 unspecified atom stereocenters. The zero-order valence-corrected chi connectivity index (χ0v) is 19.2. The predicted octanol–water partition coefficient (Wildman–Crippen LogP) is 5.83. The van der Waals surface area contributed by atoms with Crippen molar-refractivity contribution in [3.05, 3.63) is 103 Å². The summed E-state index contributed by atoms with van der Waals surface area (Å²) in [6.07, 6.45) is 1.51. The lowest BCUT2D eigenvalue weighted by Gasteiger charge is -2.12. The van der Waals surface area contributed by atoms with E-state index in [9.17, 15) is 14.9 Å². The Morgan fingerprint density at radius 1 is 1.09 bits per heavy atom. The Bertz CT molecular complexity index is 1350. The van der Waals surface area contributed by atoms with Crippen LogP contribution in [0.2, 0.25) is 10.0 Å². The second-order valence-corrected chi connectivity index (χ2v) is 7.93. The van der Waals surface area contributed by atoms with Gasteiger partial charge >= 0.3 is 5.97 Å². The molecule has 4 rings (SSSR count). The van der Waals surface area contributed by atoms with Gasteiger partial charge in [0.25, 0.3) is 5.69 Å². The van der Waals surface area contributed by atoms with Gasteiger partial charge in [0, 0.05) is 33.3 Å². The number of esters is 1. The van der Waals surface area contributed by atoms with Crippen LogP contribution in [0.3, 0.4) is 0 Å². The molecule has 10 heteroatoms. The summed E-state index contributed by atoms with van der Waals surface area (Å²) in [5.74, 6) is 0.167. The second kappa shape index (κ2) is 9.94. The van der Waals surface area contributed by atoms with E-state index >= 15 is 0 Å². The molecule has 172 valence electrons. The van der Waals surface area contributed by atoms with E-state index in [0.29, 0.717) is 22.1 Å². The van der Waals surface area contributed by atoms with Crippen molar-refractivity contribution < 1.29 is 23.9 Å². The van der Waals surface area contributed by atoms with Gasteiger partial charge in [0.05, 0.1) is 12.0 Å². The van der Waals surface area contributed by atoms with Crippen molar-refractivity contribution in [2.24, 2.45) is 4.99 Å². The monoisotopic (exact) mass is 498 g/mol. The summed E-state index contributed by atoms with van der Waals surface area (Å²) in [4.78, 5) is 27.0. The number of hydrogen-bond donors (Lipinski definition) is 0. The van der Waals surface area contributed by atoms with Gasteiger partial charge in [-0.3, -0.25) is 10.1 Å². The number of methoxy groups -OCH3 is 1. The van der Waals surface area contributed by atoms with E-state index in [0.717, 1.165) is 5.56 Å². The maximum absolute atomic E-state index is 12.3. The van der Waals surface area contributed by atoms with E-state index < -0.39 is 10.9 Å². The van der Waals surface area contributed by atoms with Crippen LogP contribution < -0.4 is 9.47 Å². The highest BCUT2D eigenvalue weighted by Crippen LogP contribution is 2.31. The highest BCUT2D eigenvalue weighted by atomic mass is 35.5. The number of rotatable bonds is 7. The zero-order valence-electron chi connectivity index (χ0n) is 17.7. The molecule has 0 fully saturated rings. The second-order valence-electron chi connectivity index (χ2n) is 7.08. The number of nitrogens with zero attached hydrogens (tertiary/aromatic N) is 2. The Morgan fingerprint density at radius 3 is 2.62 bits per heavy atom. The van der Waals surface area contributed by atoms with Gasteiger partial charge in [-0.25, -0.2) is 9.79 Å². The third kappa shape index (κ3) is 5.19. The van der Waals surface area contributed by atoms with Crippen LogP contribution in [0.1, 0.15) is 16.7 Å². The smallest absolute Gasteiger partial charge is 0.363 e. The minimum atomic E-state index is -0.698. The molecule has 0 aliphatic carbocycles. The third-order valence-corrected chi connectivity index (χ3v) is 5.38. The van der Waals surface area contributed by atoms with Gasteiger partial charge in [-0.1, -0.05) is 47.5 Å². The van der Waals surface area contributed by atoms with E-state index in [1.54, 1.807) is 24.3 Å². The van der Waals surface area contributed by atoms with Gasteiger partial charge in [0.2, 0.25) is 5.90 Å². The number of cyclic esters (lactones) is 1. The Balaban J connectivity index is 1.57. The first-order chi connectivity index (χ1) is 16.3. The number of aliphatic imine (C=N–C) groups is 1. The van der Waals surface area contributed by atoms with E-state index in [1.807, 2.05) is 18.2 Å². The summed E-state index contributed by atoms with van der Waals surface area (Å²) >= 11 is 12.1. The van der Waals surface area contributed by atoms with Crippen LogP contribution >= 0.6 is 23.2 Å². The third-order valence-electron chi connectivity index (χ3n) is 4.79. The average Bonchev–Trinajstić information content (AvgIpc) is 3.18. The normalized spacial score (nSPS) is 14.0. The summed E-state index contributed by atoms with van der Waals surface area (Å²) in [6, 6.07) is 16.3. The number of halogens is 2. The summed E-state index contributed by atoms with van der Waals surface area (Å²) in [6.45, 7) is 0.252. The molecule has 0 amide bonds. The van der Waals surface area contributed by atoms with Crippen molar-refractivity contribution in [1.82, 2.24) is 0 Å². The van der Waals surface area contributed by atoms with Crippen molar-refractivity contribution in [1.29, 1.82) is 0 Å². The predicted molar refractivity (Wildman–Crippen MR) is 127 cm³/mol. The van der Waals surface area contributed by atoms with Crippen LogP contribution in [0.15, 0.2) is 71.4 Å². The largest absolute Gasteiger partial charge is 0.493 e. The van der Waals surface area contributed by atoms with Crippen LogP contribution in [0.25, 0.3) is 6.08 Å². The Hall–Kier alpha value is -3.88. The molecule has 1 aliphatic rings. The minimum absolute atomic E-state index is 0.0180. The van der Waals surface area contributed by atoms with Crippen LogP contribution in [-0.2, 0) is 16.1 Å². The van der Waals surface area contributed by atoms with Crippen molar-refractivity contribution >= 4 is 46.8 Å². The van der Waals surface area contributed by atoms with Crippen molar-refractivity contribution in [3.63, 3.8) is 0 Å². The molecule has 0 N–H and O–H groups in total. The lowest BCUT2D eigenvalue weighted by molar-refractivity contribution is -0.384. The van der Waals surface area contributed by atoms with Gasteiger partial charge in [-0.05, 0) is 35.9 Å². The van der Waals surface area contributed by atoms with Crippen LogP contribution in [0.5, 0.6) is 11.5 Å². The molecule has 34 heavy (non-hydrogen) atoms. The zero-order chi connectivity index (χ0) is 24.2. The van der Waals surface area contributed by atoms with Crippen LogP contribution in [0, 0.1) is 10.1 Å². The topological polar surface area (TPSA) is 100 Å². The number of benzene rings is 3. The summed E-state index contributed by atoms with van der Waals surface area (Å²) in [5, 5.41) is 11.8. The van der Waals surface area contributed by atoms with E-state index in [-0.39, 0.29) is 34.5 Å². The van der Waals surface area contributed by atoms with Crippen LogP contribution in [-0.4, -0.2) is 23.9 Å². The van der Waals surface area contributed by atoms with Crippen molar-refractivity contribution in [2.45, 2.75) is 6.61 Å². The molecule has 0 aromatic heterocycles. The quantitative estimate of drug-likeness (QED) is 0.175. The fraction of sp³-hybridized carbons (Fsp3) is 0.0833. The van der Waals surface area contributed by atoms with Gasteiger partial charge in [0.1, 0.15) is 6.61 Å². The number of non-ortho nitro benzene ring substituents is 1. The number of nitro groups is 1. The van der Waals surface area contributed by atoms with E-state index in [4.69, 9.17) is 37.4 Å². The SMILES string of the molecule is COc1cc(C=C2N=C(c3cc(Cl)cc([N+](=O)[O-])c3)OC2=O)ccc1OCc1ccccc1Cl. The van der Waals surface area contributed by atoms with Gasteiger partial charge in [0.15, 0.2) is 17.2 Å². The molecule has 8 nitrogen and oxygen atoms in total. The standard InChI is InChI=1S/C24H16Cl2N2O6/c1-32-22-9-14(6-7-21(22)33-13-15-4-2-3-5-19(15)26)8-20-24(29)34-23(27-20)16-10-17(25)12-18(11-16)28(30)31/h2-12H,13H2,1H3. The summed E-state index contributed by atoms with van der Waals surface area (Å²) in [7, 11) is 1.50. The molecular formula is C24H16Cl2N2O6. The molecule has 3 aromatic carbocycles. The first kappa shape index (κ1) is 23.3. The molecule has 3 aromatic rings. The Morgan fingerprint density at radius 2 is 1.88 bits per heavy atom. The molecule has 1 heterocycles. The first-order valence-electron chi connectivity index (χ1n) is 9.86. The van der Waals surface area contributed by atoms with E-state index in [2.05, 4.69) is 4.99 Å². The summed E-state index contributed by atoms with van der Waals surface area (Å²) < 4.78 is 16.5. The molecule has 0 spiro atoms. The fourth-order valence-corrected chi connectivity index (χ4v) is 3.58. The van der Waals surface area contributed by atoms with E-state index in [1.165, 1.54) is 31.4 Å². The molecule has 0 saturated carbocycles. The average molecular weight is 499 g/mol. The molecule has 0 radical (unpaired) electrons. The molecular weight excluding hydrogens is 483 g/mol. The molecule has 1 aliphatic heterocycles. The minimum Gasteiger partial charge on any atom is -0.493 e. The van der Waals surface area contributed by atoms with Crippen molar-refractivity contribution in [2.75, 3.05) is 7.11 Å². The Labute approximate surface area is 204 Å². The van der Waals surface area contributed by atoms with Gasteiger partial charge in [-0.15, -0.1) is 0 Å². The Kier molecular flexibility index (Phi) is 6.81. The molecule has 0 bridgehead atoms. The molecule has 0 saturated heterocycles. The number of carbonyl (C=O) groups is 1. The van der Waals surface area contributed by atoms with Crippen LogP contribution in [0.4, 0.5) is 5.69 Å². The molecule has 0 atom stereocenters. The number of nitro benzene ring substituents is 1. The first-order valence-corrected chi connectivity index (χ1v) is 10.6. The highest BCUT2D eigenvalue weighted by Gasteiger charge is 2.26. The maximum atomic E-state index is 12.3. The number of ether oxygens (including phenoxy) is 3. The number of carbonyl (C=O) groups excluding carboxylic acids is 1. The summed E-state index contributed by atoms with van der Waals surface area (Å²) in [5.41, 5.74) is 1.43. The maximum Gasteiger partial charge on any atom is 0.363 e. The highest BCUT2D eigenvalue weighted by molar-refractivity contribution is 6.31. The lowest BCUT2D eigenvalue weighted by atomic mass is 10.1. The van der Waals surface area contributed by atoms with Crippen molar-refractivity contribution in [3.8, 4) is 11.5 Å². The number of hydrogen-bond acceptors (Lipinski definition) is 7. The van der Waals surface area contributed by atoms with Gasteiger partial charge in [-0.2, -0.15) is 0 Å². The lowest BCUT2D eigenvalue weighted by Crippen LogP contribution is -2.06.